The van der Waals surface area contributed by atoms with Crippen molar-refractivity contribution in [3.05, 3.63) is 17.5 Å². The third kappa shape index (κ3) is 5.03. The van der Waals surface area contributed by atoms with Crippen LogP contribution in [0.3, 0.4) is 0 Å². The van der Waals surface area contributed by atoms with Gasteiger partial charge in [-0.1, -0.05) is 5.16 Å². The summed E-state index contributed by atoms with van der Waals surface area (Å²) < 4.78 is 11.1. The summed E-state index contributed by atoms with van der Waals surface area (Å²) in [7, 11) is 4.04. The number of primary amides is 1. The second kappa shape index (κ2) is 8.29. The molecule has 1 aromatic heterocycles. The first-order chi connectivity index (χ1) is 12.0. The van der Waals surface area contributed by atoms with Crippen molar-refractivity contribution >= 4 is 5.91 Å². The summed E-state index contributed by atoms with van der Waals surface area (Å²) >= 11 is 0. The Morgan fingerprint density at radius 2 is 2.12 bits per heavy atom. The first kappa shape index (κ1) is 18.4. The summed E-state index contributed by atoms with van der Waals surface area (Å²) in [6.45, 7) is 4.38. The van der Waals surface area contributed by atoms with Gasteiger partial charge in [0, 0.05) is 19.2 Å². The van der Waals surface area contributed by atoms with Crippen LogP contribution >= 0.6 is 0 Å². The molecule has 1 amide bonds. The average Bonchev–Trinajstić information content (AvgIpc) is 3.18. The molecule has 0 bridgehead atoms. The lowest BCUT2D eigenvalue weighted by Crippen LogP contribution is -2.36. The van der Waals surface area contributed by atoms with Gasteiger partial charge in [0.15, 0.2) is 5.76 Å². The highest BCUT2D eigenvalue weighted by atomic mass is 16.5. The topological polar surface area (TPSA) is 84.8 Å². The second-order valence-corrected chi connectivity index (χ2v) is 7.68. The number of nitrogens with two attached hydrogens (primary N) is 1. The SMILES string of the molecule is CN(C)Cc1cc(CN2CCC(C[C@H]3OCC[C@H]3C(N)=O)CC2)no1. The third-order valence-electron chi connectivity index (χ3n) is 5.31. The summed E-state index contributed by atoms with van der Waals surface area (Å²) in [4.78, 5) is 16.0. The summed E-state index contributed by atoms with van der Waals surface area (Å²) in [5.74, 6) is 1.22. The monoisotopic (exact) mass is 350 g/mol. The van der Waals surface area contributed by atoms with Crippen LogP contribution < -0.4 is 5.73 Å². The Kier molecular flexibility index (Phi) is 6.09. The van der Waals surface area contributed by atoms with Crippen LogP contribution in [0.1, 0.15) is 37.1 Å². The molecule has 2 aliphatic rings. The Bertz CT molecular complexity index is 566. The third-order valence-corrected chi connectivity index (χ3v) is 5.31. The fourth-order valence-corrected chi connectivity index (χ4v) is 3.96. The van der Waals surface area contributed by atoms with E-state index in [4.69, 9.17) is 15.0 Å². The van der Waals surface area contributed by atoms with Crippen molar-refractivity contribution in [2.75, 3.05) is 33.8 Å². The minimum atomic E-state index is -0.209. The van der Waals surface area contributed by atoms with E-state index in [9.17, 15) is 4.79 Å². The zero-order valence-corrected chi connectivity index (χ0v) is 15.3. The molecule has 2 fully saturated rings. The molecule has 3 rings (SSSR count). The highest BCUT2D eigenvalue weighted by Gasteiger charge is 2.35. The van der Waals surface area contributed by atoms with Crippen LogP contribution in [-0.4, -0.2) is 60.8 Å². The lowest BCUT2D eigenvalue weighted by molar-refractivity contribution is -0.123. The molecule has 3 heterocycles. The number of amides is 1. The number of carbonyl (C=O) groups is 1. The molecule has 25 heavy (non-hydrogen) atoms. The zero-order chi connectivity index (χ0) is 17.8. The first-order valence-corrected chi connectivity index (χ1v) is 9.23. The number of nitrogens with zero attached hydrogens (tertiary/aromatic N) is 3. The molecule has 7 nitrogen and oxygen atoms in total. The van der Waals surface area contributed by atoms with E-state index in [0.29, 0.717) is 12.5 Å². The summed E-state index contributed by atoms with van der Waals surface area (Å²) in [6, 6.07) is 2.05. The van der Waals surface area contributed by atoms with Gasteiger partial charge >= 0.3 is 0 Å². The van der Waals surface area contributed by atoms with Gasteiger partial charge in [-0.2, -0.15) is 0 Å². The van der Waals surface area contributed by atoms with Crippen LogP contribution in [0.25, 0.3) is 0 Å². The Morgan fingerprint density at radius 3 is 2.80 bits per heavy atom. The molecule has 1 aromatic rings. The lowest BCUT2D eigenvalue weighted by Gasteiger charge is -2.33. The van der Waals surface area contributed by atoms with E-state index in [-0.39, 0.29) is 17.9 Å². The Morgan fingerprint density at radius 1 is 1.36 bits per heavy atom. The molecule has 0 aromatic carbocycles. The first-order valence-electron chi connectivity index (χ1n) is 9.23. The minimum Gasteiger partial charge on any atom is -0.377 e. The standard InChI is InChI=1S/C18H30N4O3/c1-21(2)12-15-10-14(20-25-15)11-22-6-3-13(4-7-22)9-17-16(18(19)23)5-8-24-17/h10,13,16-17H,3-9,11-12H2,1-2H3,(H2,19,23)/t16-,17-/m1/s1. The Balaban J connectivity index is 1.43. The number of likely N-dealkylation sites (tertiary alicyclic amines) is 1. The smallest absolute Gasteiger partial charge is 0.223 e. The number of ether oxygens (including phenoxy) is 1. The van der Waals surface area contributed by atoms with Gasteiger partial charge in [-0.05, 0) is 58.8 Å². The summed E-state index contributed by atoms with van der Waals surface area (Å²) in [5.41, 5.74) is 6.49. The van der Waals surface area contributed by atoms with Crippen LogP contribution in [0.15, 0.2) is 10.6 Å². The van der Waals surface area contributed by atoms with Crippen LogP contribution in [0.2, 0.25) is 0 Å². The van der Waals surface area contributed by atoms with Crippen molar-refractivity contribution in [2.45, 2.75) is 44.9 Å². The molecule has 0 unspecified atom stereocenters. The fourth-order valence-electron chi connectivity index (χ4n) is 3.96. The molecular formula is C18H30N4O3. The Labute approximate surface area is 149 Å². The molecule has 0 aliphatic carbocycles. The predicted octanol–water partition coefficient (Wildman–Crippen LogP) is 1.23. The van der Waals surface area contributed by atoms with E-state index < -0.39 is 0 Å². The van der Waals surface area contributed by atoms with E-state index in [0.717, 1.165) is 63.3 Å². The molecule has 2 aliphatic heterocycles. The summed E-state index contributed by atoms with van der Waals surface area (Å²) in [5, 5.41) is 4.18. The van der Waals surface area contributed by atoms with Crippen LogP contribution in [0, 0.1) is 11.8 Å². The van der Waals surface area contributed by atoms with E-state index >= 15 is 0 Å². The van der Waals surface area contributed by atoms with Gasteiger partial charge in [-0.25, -0.2) is 0 Å². The highest BCUT2D eigenvalue weighted by molar-refractivity contribution is 5.77. The number of piperidine rings is 1. The van der Waals surface area contributed by atoms with E-state index in [1.165, 1.54) is 0 Å². The summed E-state index contributed by atoms with van der Waals surface area (Å²) in [6.07, 6.45) is 4.03. The molecular weight excluding hydrogens is 320 g/mol. The molecule has 2 N–H and O–H groups in total. The number of rotatable bonds is 7. The normalized spacial score (nSPS) is 25.7. The Hall–Kier alpha value is -1.44. The number of hydrogen-bond donors (Lipinski definition) is 1. The number of carbonyl (C=O) groups excluding carboxylic acids is 1. The van der Waals surface area contributed by atoms with Crippen molar-refractivity contribution in [2.24, 2.45) is 17.6 Å². The van der Waals surface area contributed by atoms with Gasteiger partial charge in [-0.15, -0.1) is 0 Å². The lowest BCUT2D eigenvalue weighted by atomic mass is 9.86. The number of aromatic nitrogens is 1. The maximum absolute atomic E-state index is 11.5. The quantitative estimate of drug-likeness (QED) is 0.796. The maximum Gasteiger partial charge on any atom is 0.223 e. The van der Waals surface area contributed by atoms with Crippen molar-refractivity contribution in [3.8, 4) is 0 Å². The maximum atomic E-state index is 11.5. The van der Waals surface area contributed by atoms with Gasteiger partial charge < -0.3 is 19.9 Å². The van der Waals surface area contributed by atoms with Gasteiger partial charge in [0.25, 0.3) is 0 Å². The van der Waals surface area contributed by atoms with Crippen molar-refractivity contribution in [3.63, 3.8) is 0 Å². The van der Waals surface area contributed by atoms with Crippen molar-refractivity contribution in [1.82, 2.24) is 15.0 Å². The second-order valence-electron chi connectivity index (χ2n) is 7.68. The molecule has 140 valence electrons. The molecule has 0 radical (unpaired) electrons. The number of hydrogen-bond acceptors (Lipinski definition) is 6. The molecule has 0 spiro atoms. The largest absolute Gasteiger partial charge is 0.377 e. The average molecular weight is 350 g/mol. The van der Waals surface area contributed by atoms with Crippen molar-refractivity contribution < 1.29 is 14.1 Å². The molecule has 2 saturated heterocycles. The molecule has 7 heteroatoms. The van der Waals surface area contributed by atoms with Gasteiger partial charge in [0.2, 0.25) is 5.91 Å². The van der Waals surface area contributed by atoms with Gasteiger partial charge in [0.05, 0.1) is 24.3 Å². The van der Waals surface area contributed by atoms with E-state index in [1.807, 2.05) is 14.1 Å². The molecule has 0 saturated carbocycles. The van der Waals surface area contributed by atoms with Crippen LogP contribution in [0.4, 0.5) is 0 Å². The predicted molar refractivity (Wildman–Crippen MR) is 93.6 cm³/mol. The van der Waals surface area contributed by atoms with Crippen molar-refractivity contribution in [1.29, 1.82) is 0 Å². The minimum absolute atomic E-state index is 0.0261. The zero-order valence-electron chi connectivity index (χ0n) is 15.3. The fraction of sp³-hybridized carbons (Fsp3) is 0.778. The molecule has 2 atom stereocenters. The van der Waals surface area contributed by atoms with Crippen LogP contribution in [0.5, 0.6) is 0 Å². The van der Waals surface area contributed by atoms with E-state index in [2.05, 4.69) is 21.0 Å². The van der Waals surface area contributed by atoms with Crippen LogP contribution in [-0.2, 0) is 22.6 Å². The van der Waals surface area contributed by atoms with E-state index in [1.54, 1.807) is 0 Å². The highest BCUT2D eigenvalue weighted by Crippen LogP contribution is 2.31. The van der Waals surface area contributed by atoms with Gasteiger partial charge in [-0.3, -0.25) is 9.69 Å². The van der Waals surface area contributed by atoms with Gasteiger partial charge in [0.1, 0.15) is 0 Å².